The van der Waals surface area contributed by atoms with E-state index in [9.17, 15) is 23.1 Å². The summed E-state index contributed by atoms with van der Waals surface area (Å²) in [4.78, 5) is 31.0. The van der Waals surface area contributed by atoms with Gasteiger partial charge in [0, 0.05) is 38.4 Å². The maximum atomic E-state index is 14.1. The Bertz CT molecular complexity index is 1680. The third-order valence-corrected chi connectivity index (χ3v) is 10.3. The molecule has 0 aromatic heterocycles. The van der Waals surface area contributed by atoms with E-state index in [1.807, 2.05) is 76.2 Å². The largest absolute Gasteiger partial charge is 0.411 e. The van der Waals surface area contributed by atoms with E-state index in [1.54, 1.807) is 15.9 Å². The van der Waals surface area contributed by atoms with Gasteiger partial charge in [-0.2, -0.15) is 4.31 Å². The molecule has 0 spiro atoms. The minimum Gasteiger partial charge on any atom is -0.411 e. The number of nitrogen functional groups attached to an aromatic ring is 1. The van der Waals surface area contributed by atoms with E-state index in [0.717, 1.165) is 11.1 Å². The molecule has 3 atom stereocenters. The number of aliphatic hydroxyl groups excluding tert-OH is 1. The second kappa shape index (κ2) is 16.8. The zero-order valence-corrected chi connectivity index (χ0v) is 29.3. The van der Waals surface area contributed by atoms with Crippen LogP contribution in [0.15, 0.2) is 88.9 Å². The minimum atomic E-state index is -4.06. The van der Waals surface area contributed by atoms with Crippen molar-refractivity contribution in [2.75, 3.05) is 31.9 Å². The highest BCUT2D eigenvalue weighted by atomic mass is 32.2. The van der Waals surface area contributed by atoms with Gasteiger partial charge >= 0.3 is 6.03 Å². The lowest BCUT2D eigenvalue weighted by atomic mass is 9.97. The molecule has 3 aromatic rings. The Balaban J connectivity index is 1.57. The summed E-state index contributed by atoms with van der Waals surface area (Å²) in [6, 6.07) is 20.6. The van der Waals surface area contributed by atoms with E-state index >= 15 is 0 Å². The van der Waals surface area contributed by atoms with Gasteiger partial charge in [-0.25, -0.2) is 13.2 Å². The summed E-state index contributed by atoms with van der Waals surface area (Å²) in [6.45, 7) is 8.52. The van der Waals surface area contributed by atoms with Gasteiger partial charge in [-0.3, -0.25) is 4.79 Å². The van der Waals surface area contributed by atoms with Crippen molar-refractivity contribution in [1.82, 2.24) is 19.4 Å². The lowest BCUT2D eigenvalue weighted by Gasteiger charge is -2.34. The first kappa shape index (κ1) is 37.4. The van der Waals surface area contributed by atoms with Crippen LogP contribution in [0, 0.1) is 11.8 Å². The van der Waals surface area contributed by atoms with Crippen molar-refractivity contribution in [2.24, 2.45) is 17.0 Å². The molecule has 3 amide bonds. The van der Waals surface area contributed by atoms with Crippen molar-refractivity contribution >= 4 is 33.9 Å². The van der Waals surface area contributed by atoms with Gasteiger partial charge in [-0.15, -0.1) is 0 Å². The van der Waals surface area contributed by atoms with Crippen LogP contribution in [0.5, 0.6) is 0 Å². The fourth-order valence-corrected chi connectivity index (χ4v) is 7.72. The second-order valence-corrected chi connectivity index (χ2v) is 15.2. The first-order valence-corrected chi connectivity index (χ1v) is 17.9. The molecule has 0 saturated carbocycles. The van der Waals surface area contributed by atoms with Crippen molar-refractivity contribution in [3.8, 4) is 0 Å². The molecule has 49 heavy (non-hydrogen) atoms. The Hall–Kier alpha value is -4.46. The lowest BCUT2D eigenvalue weighted by molar-refractivity contribution is -0.128. The predicted octanol–water partition coefficient (Wildman–Crippen LogP) is 3.77. The molecule has 12 nitrogen and oxygen atoms in total. The number of nitrogens with two attached hydrogens (primary N) is 1. The molecule has 0 bridgehead atoms. The maximum absolute atomic E-state index is 14.1. The van der Waals surface area contributed by atoms with Crippen molar-refractivity contribution < 1.29 is 28.3 Å². The Morgan fingerprint density at radius 2 is 1.65 bits per heavy atom. The van der Waals surface area contributed by atoms with Crippen LogP contribution in [-0.2, 0) is 27.8 Å². The predicted molar refractivity (Wildman–Crippen MR) is 189 cm³/mol. The van der Waals surface area contributed by atoms with Crippen LogP contribution in [0.1, 0.15) is 44.4 Å². The number of sulfonamides is 1. The normalized spacial score (nSPS) is 15.8. The van der Waals surface area contributed by atoms with Crippen LogP contribution in [-0.4, -0.2) is 95.4 Å². The van der Waals surface area contributed by atoms with Gasteiger partial charge < -0.3 is 31.2 Å². The van der Waals surface area contributed by atoms with E-state index in [0.29, 0.717) is 30.9 Å². The summed E-state index contributed by atoms with van der Waals surface area (Å²) in [5.41, 5.74) is 8.80. The second-order valence-electron chi connectivity index (χ2n) is 13.2. The minimum absolute atomic E-state index is 0.0224. The number of carbonyl (C=O) groups is 2. The topological polar surface area (TPSA) is 169 Å². The number of anilines is 1. The van der Waals surface area contributed by atoms with Crippen molar-refractivity contribution in [1.29, 1.82) is 0 Å². The van der Waals surface area contributed by atoms with Gasteiger partial charge in [0.25, 0.3) is 0 Å². The van der Waals surface area contributed by atoms with Gasteiger partial charge in [-0.05, 0) is 59.2 Å². The molecule has 0 aliphatic carbocycles. The number of urea groups is 1. The number of amides is 3. The van der Waals surface area contributed by atoms with E-state index in [4.69, 9.17) is 10.9 Å². The molecule has 0 radical (unpaired) electrons. The van der Waals surface area contributed by atoms with E-state index in [-0.39, 0.29) is 42.3 Å². The number of nitrogens with one attached hydrogen (secondary N) is 1. The summed E-state index contributed by atoms with van der Waals surface area (Å²) >= 11 is 0. The number of benzene rings is 3. The van der Waals surface area contributed by atoms with Crippen LogP contribution >= 0.6 is 0 Å². The van der Waals surface area contributed by atoms with Crippen molar-refractivity contribution in [2.45, 2.75) is 63.7 Å². The molecular weight excluding hydrogens is 644 g/mol. The van der Waals surface area contributed by atoms with Gasteiger partial charge in [-0.1, -0.05) is 87.4 Å². The molecule has 0 unspecified atom stereocenters. The first-order chi connectivity index (χ1) is 23.3. The Morgan fingerprint density at radius 1 is 0.980 bits per heavy atom. The number of nitrogens with zero attached hydrogens (tertiary/aromatic N) is 4. The average Bonchev–Trinajstić information content (AvgIpc) is 3.39. The molecular formula is C36H48N6O6S. The third kappa shape index (κ3) is 9.80. The Labute approximate surface area is 289 Å². The highest BCUT2D eigenvalue weighted by Gasteiger charge is 2.40. The standard InChI is InChI=1S/C36H48N6O6S/c1-25(2)22-41(49(47,48)31-15-13-28(14-16-31)21-38-46)24-33(43)32(20-27-9-6-5-7-10-27)39-35(44)34(26(3)4)42-18-17-40(36(42)45)23-29-11-8-12-30(37)19-29/h5-16,19,21,25-26,32-34,43,46H,17-18,20,22-24,37H2,1-4H3,(H,39,44)/t32-,33+,34-/m0/s1. The Morgan fingerprint density at radius 3 is 2.27 bits per heavy atom. The fraction of sp³-hybridized carbons (Fsp3) is 0.417. The van der Waals surface area contributed by atoms with Crippen LogP contribution in [0.25, 0.3) is 0 Å². The molecule has 1 aliphatic rings. The summed E-state index contributed by atoms with van der Waals surface area (Å²) in [7, 11) is -4.06. The summed E-state index contributed by atoms with van der Waals surface area (Å²) in [5, 5.41) is 26.6. The number of carbonyl (C=O) groups excluding carboxylic acids is 2. The number of rotatable bonds is 16. The first-order valence-electron chi connectivity index (χ1n) is 16.5. The number of hydrogen-bond donors (Lipinski definition) is 4. The molecule has 13 heteroatoms. The molecule has 1 fully saturated rings. The quantitative estimate of drug-likeness (QED) is 0.0767. The van der Waals surface area contributed by atoms with Gasteiger partial charge in [0.2, 0.25) is 15.9 Å². The van der Waals surface area contributed by atoms with Crippen LogP contribution < -0.4 is 11.1 Å². The SMILES string of the molecule is CC(C)CN(C[C@@H](O)[C@H](Cc1ccccc1)NC(=O)[C@H](C(C)C)N1CCN(Cc2cccc(N)c2)C1=O)S(=O)(=O)c1ccc(C=NO)cc1. The number of oxime groups is 1. The molecule has 4 rings (SSSR count). The lowest BCUT2D eigenvalue weighted by Crippen LogP contribution is -2.57. The molecule has 1 saturated heterocycles. The van der Waals surface area contributed by atoms with Crippen molar-refractivity contribution in [3.63, 3.8) is 0 Å². The van der Waals surface area contributed by atoms with Crippen LogP contribution in [0.2, 0.25) is 0 Å². The van der Waals surface area contributed by atoms with Crippen LogP contribution in [0.4, 0.5) is 10.5 Å². The monoisotopic (exact) mass is 692 g/mol. The molecule has 1 aliphatic heterocycles. The summed E-state index contributed by atoms with van der Waals surface area (Å²) in [6.07, 6.45) is 0.138. The van der Waals surface area contributed by atoms with Crippen LogP contribution in [0.3, 0.4) is 0 Å². The molecule has 5 N–H and O–H groups in total. The molecule has 3 aromatic carbocycles. The van der Waals surface area contributed by atoms with Gasteiger partial charge in [0.1, 0.15) is 6.04 Å². The van der Waals surface area contributed by atoms with Gasteiger partial charge in [0.05, 0.1) is 23.3 Å². The fourth-order valence-electron chi connectivity index (χ4n) is 6.10. The smallest absolute Gasteiger partial charge is 0.321 e. The average molecular weight is 693 g/mol. The molecule has 1 heterocycles. The highest BCUT2D eigenvalue weighted by Crippen LogP contribution is 2.23. The van der Waals surface area contributed by atoms with E-state index in [1.165, 1.54) is 34.8 Å². The van der Waals surface area contributed by atoms with Gasteiger partial charge in [0.15, 0.2) is 0 Å². The summed E-state index contributed by atoms with van der Waals surface area (Å²) in [5.74, 6) is -0.734. The van der Waals surface area contributed by atoms with E-state index in [2.05, 4.69) is 10.5 Å². The maximum Gasteiger partial charge on any atom is 0.321 e. The Kier molecular flexibility index (Phi) is 12.8. The zero-order valence-electron chi connectivity index (χ0n) is 28.5. The summed E-state index contributed by atoms with van der Waals surface area (Å²) < 4.78 is 28.9. The number of aliphatic hydroxyl groups is 1. The third-order valence-electron chi connectivity index (χ3n) is 8.46. The zero-order chi connectivity index (χ0) is 35.7. The molecule has 264 valence electrons. The van der Waals surface area contributed by atoms with E-state index < -0.39 is 34.1 Å². The highest BCUT2D eigenvalue weighted by molar-refractivity contribution is 7.89. The van der Waals surface area contributed by atoms with Crippen molar-refractivity contribution in [3.05, 3.63) is 95.6 Å². The number of hydrogen-bond acceptors (Lipinski definition) is 8.